The number of hydrogen-bond donors (Lipinski definition) is 0. The first kappa shape index (κ1) is 14.3. The van der Waals surface area contributed by atoms with Gasteiger partial charge in [0.2, 0.25) is 0 Å². The van der Waals surface area contributed by atoms with Gasteiger partial charge in [0.1, 0.15) is 12.3 Å². The number of halogens is 1. The second-order valence-electron chi connectivity index (χ2n) is 4.56. The average molecular weight is 313 g/mol. The summed E-state index contributed by atoms with van der Waals surface area (Å²) in [6, 6.07) is 17.2. The van der Waals surface area contributed by atoms with Crippen LogP contribution in [0.15, 0.2) is 65.9 Å². The van der Waals surface area contributed by atoms with Crippen molar-refractivity contribution in [3.05, 3.63) is 77.1 Å². The third-order valence-electron chi connectivity index (χ3n) is 2.94. The zero-order valence-corrected chi connectivity index (χ0v) is 12.4. The first-order valence-corrected chi connectivity index (χ1v) is 7.06. The van der Waals surface area contributed by atoms with E-state index >= 15 is 0 Å². The van der Waals surface area contributed by atoms with E-state index in [-0.39, 0.29) is 0 Å². The second kappa shape index (κ2) is 6.87. The summed E-state index contributed by atoms with van der Waals surface area (Å²) in [6.45, 7) is 0.375. The predicted octanol–water partition coefficient (Wildman–Crippen LogP) is 3.47. The molecule has 0 unspecified atom stereocenters. The molecule has 2 aromatic carbocycles. The van der Waals surface area contributed by atoms with Crippen LogP contribution in [0, 0.1) is 0 Å². The molecule has 0 amide bonds. The van der Waals surface area contributed by atoms with Gasteiger partial charge in [0.15, 0.2) is 0 Å². The fourth-order valence-corrected chi connectivity index (χ4v) is 1.95. The van der Waals surface area contributed by atoms with Gasteiger partial charge >= 0.3 is 0 Å². The van der Waals surface area contributed by atoms with Gasteiger partial charge in [-0.15, -0.1) is 5.10 Å². The Kier molecular flexibility index (Phi) is 4.46. The summed E-state index contributed by atoms with van der Waals surface area (Å²) in [6.07, 6.45) is 3.31. The van der Waals surface area contributed by atoms with Crippen LogP contribution in [0.3, 0.4) is 0 Å². The first-order valence-electron chi connectivity index (χ1n) is 6.69. The topological polar surface area (TPSA) is 52.3 Å². The number of hydrogen-bond acceptors (Lipinski definition) is 4. The van der Waals surface area contributed by atoms with E-state index < -0.39 is 0 Å². The van der Waals surface area contributed by atoms with E-state index in [0.29, 0.717) is 17.3 Å². The average Bonchev–Trinajstić information content (AvgIpc) is 3.03. The molecule has 0 bridgehead atoms. The molecule has 0 aliphatic heterocycles. The summed E-state index contributed by atoms with van der Waals surface area (Å²) in [5.74, 6) is 0. The first-order chi connectivity index (χ1) is 10.8. The quantitative estimate of drug-likeness (QED) is 0.535. The monoisotopic (exact) mass is 312 g/mol. The second-order valence-corrected chi connectivity index (χ2v) is 4.99. The lowest BCUT2D eigenvalue weighted by molar-refractivity contribution is 0.132. The molecule has 6 heteroatoms. The summed E-state index contributed by atoms with van der Waals surface area (Å²) in [5.41, 5.74) is 2.56. The van der Waals surface area contributed by atoms with Crippen molar-refractivity contribution in [1.82, 2.24) is 15.0 Å². The normalized spacial score (nSPS) is 11.0. The molecular weight excluding hydrogens is 300 g/mol. The van der Waals surface area contributed by atoms with Gasteiger partial charge in [-0.3, -0.25) is 0 Å². The summed E-state index contributed by atoms with van der Waals surface area (Å²) >= 11 is 5.82. The van der Waals surface area contributed by atoms with Gasteiger partial charge in [0, 0.05) is 5.02 Å². The van der Waals surface area contributed by atoms with Gasteiger partial charge in [0.05, 0.1) is 18.1 Å². The SMILES string of the molecule is Clc1ccc(CO/N=C\c2cn(-c3ccccc3)nn2)cc1. The van der Waals surface area contributed by atoms with Gasteiger partial charge < -0.3 is 4.84 Å². The molecule has 0 radical (unpaired) electrons. The Morgan fingerprint density at radius 1 is 1.09 bits per heavy atom. The molecule has 22 heavy (non-hydrogen) atoms. The molecule has 0 N–H and O–H groups in total. The van der Waals surface area contributed by atoms with E-state index in [9.17, 15) is 0 Å². The number of rotatable bonds is 5. The maximum atomic E-state index is 5.82. The smallest absolute Gasteiger partial charge is 0.142 e. The Bertz CT molecular complexity index is 753. The zero-order valence-electron chi connectivity index (χ0n) is 11.6. The number of oxime groups is 1. The maximum Gasteiger partial charge on any atom is 0.142 e. The van der Waals surface area contributed by atoms with Gasteiger partial charge in [0.25, 0.3) is 0 Å². The van der Waals surface area contributed by atoms with Gasteiger partial charge in [-0.05, 0) is 29.8 Å². The van der Waals surface area contributed by atoms with Crippen LogP contribution in [0.25, 0.3) is 5.69 Å². The van der Waals surface area contributed by atoms with Gasteiger partial charge in [-0.2, -0.15) is 0 Å². The van der Waals surface area contributed by atoms with Crippen LogP contribution < -0.4 is 0 Å². The lowest BCUT2D eigenvalue weighted by atomic mass is 10.2. The Morgan fingerprint density at radius 3 is 2.64 bits per heavy atom. The summed E-state index contributed by atoms with van der Waals surface area (Å²) in [5, 5.41) is 12.6. The Hall–Kier alpha value is -2.66. The van der Waals surface area contributed by atoms with Crippen LogP contribution in [0.2, 0.25) is 5.02 Å². The fraction of sp³-hybridized carbons (Fsp3) is 0.0625. The highest BCUT2D eigenvalue weighted by atomic mass is 35.5. The molecule has 3 rings (SSSR count). The van der Waals surface area contributed by atoms with Gasteiger partial charge in [-0.25, -0.2) is 4.68 Å². The molecule has 0 saturated carbocycles. The molecule has 1 heterocycles. The fourth-order valence-electron chi connectivity index (χ4n) is 1.83. The Morgan fingerprint density at radius 2 is 1.86 bits per heavy atom. The van der Waals surface area contributed by atoms with E-state index in [1.54, 1.807) is 10.9 Å². The van der Waals surface area contributed by atoms with Crippen LogP contribution in [0.1, 0.15) is 11.3 Å². The summed E-state index contributed by atoms with van der Waals surface area (Å²) in [7, 11) is 0. The highest BCUT2D eigenvalue weighted by Crippen LogP contribution is 2.10. The third kappa shape index (κ3) is 3.71. The Balaban J connectivity index is 1.57. The molecule has 1 aromatic heterocycles. The standard InChI is InChI=1S/C16H13ClN4O/c17-14-8-6-13(7-9-14)12-22-18-10-15-11-21(20-19-15)16-4-2-1-3-5-16/h1-11H,12H2/b18-10-. The number of aromatic nitrogens is 3. The minimum atomic E-state index is 0.375. The molecule has 0 fully saturated rings. The van der Waals surface area contributed by atoms with Crippen molar-refractivity contribution in [1.29, 1.82) is 0 Å². The van der Waals surface area contributed by atoms with E-state index in [1.165, 1.54) is 6.21 Å². The van der Waals surface area contributed by atoms with Crippen molar-refractivity contribution in [3.8, 4) is 5.69 Å². The van der Waals surface area contributed by atoms with E-state index in [1.807, 2.05) is 54.6 Å². The lowest BCUT2D eigenvalue weighted by Gasteiger charge is -1.99. The molecule has 3 aromatic rings. The molecule has 5 nitrogen and oxygen atoms in total. The zero-order chi connectivity index (χ0) is 15.2. The predicted molar refractivity (Wildman–Crippen MR) is 85.2 cm³/mol. The minimum Gasteiger partial charge on any atom is -0.391 e. The number of nitrogens with zero attached hydrogens (tertiary/aromatic N) is 4. The van der Waals surface area contributed by atoms with Crippen LogP contribution in [0.4, 0.5) is 0 Å². The largest absolute Gasteiger partial charge is 0.391 e. The van der Waals surface area contributed by atoms with Crippen LogP contribution in [-0.4, -0.2) is 21.2 Å². The lowest BCUT2D eigenvalue weighted by Crippen LogP contribution is -1.93. The third-order valence-corrected chi connectivity index (χ3v) is 3.19. The van der Waals surface area contributed by atoms with Crippen molar-refractivity contribution < 1.29 is 4.84 Å². The van der Waals surface area contributed by atoms with E-state index in [0.717, 1.165) is 11.3 Å². The van der Waals surface area contributed by atoms with Crippen LogP contribution in [-0.2, 0) is 11.4 Å². The van der Waals surface area contributed by atoms with Crippen molar-refractivity contribution in [3.63, 3.8) is 0 Å². The van der Waals surface area contributed by atoms with Crippen molar-refractivity contribution in [2.24, 2.45) is 5.16 Å². The highest BCUT2D eigenvalue weighted by Gasteiger charge is 2.00. The number of benzene rings is 2. The summed E-state index contributed by atoms with van der Waals surface area (Å²) < 4.78 is 1.68. The molecular formula is C16H13ClN4O. The molecule has 0 atom stereocenters. The molecule has 0 aliphatic carbocycles. The molecule has 0 spiro atoms. The van der Waals surface area contributed by atoms with Crippen LogP contribution in [0.5, 0.6) is 0 Å². The molecule has 0 saturated heterocycles. The number of para-hydroxylation sites is 1. The van der Waals surface area contributed by atoms with Crippen molar-refractivity contribution >= 4 is 17.8 Å². The molecule has 110 valence electrons. The summed E-state index contributed by atoms with van der Waals surface area (Å²) in [4.78, 5) is 5.23. The molecule has 0 aliphatic rings. The van der Waals surface area contributed by atoms with E-state index in [2.05, 4.69) is 15.5 Å². The highest BCUT2D eigenvalue weighted by molar-refractivity contribution is 6.30. The Labute approximate surface area is 132 Å². The van der Waals surface area contributed by atoms with Gasteiger partial charge in [-0.1, -0.05) is 52.3 Å². The van der Waals surface area contributed by atoms with Crippen molar-refractivity contribution in [2.75, 3.05) is 0 Å². The van der Waals surface area contributed by atoms with Crippen molar-refractivity contribution in [2.45, 2.75) is 6.61 Å². The minimum absolute atomic E-state index is 0.375. The van der Waals surface area contributed by atoms with E-state index in [4.69, 9.17) is 16.4 Å². The van der Waals surface area contributed by atoms with Crippen LogP contribution >= 0.6 is 11.6 Å². The maximum absolute atomic E-state index is 5.82.